The van der Waals surface area contributed by atoms with E-state index < -0.39 is 5.91 Å². The smallest absolute Gasteiger partial charge is 0.269 e. The lowest BCUT2D eigenvalue weighted by Crippen LogP contribution is -2.11. The summed E-state index contributed by atoms with van der Waals surface area (Å²) in [6.45, 7) is 0. The number of nitrogens with one attached hydrogen (secondary N) is 1. The average molecular weight is 476 g/mol. The fourth-order valence-corrected chi connectivity index (χ4v) is 5.76. The minimum Gasteiger partial charge on any atom is -0.397 e. The molecule has 156 valence electrons. The number of hydrogen-bond acceptors (Lipinski definition) is 10. The minimum atomic E-state index is -0.393. The number of pyridine rings is 2. The van der Waals surface area contributed by atoms with Crippen LogP contribution in [0.15, 0.2) is 47.4 Å². The number of carbonyl (C=O) groups is 1. The van der Waals surface area contributed by atoms with Gasteiger partial charge >= 0.3 is 0 Å². The van der Waals surface area contributed by atoms with E-state index in [4.69, 9.17) is 11.5 Å². The summed E-state index contributed by atoms with van der Waals surface area (Å²) in [5, 5.41) is 17.2. The first-order valence-corrected chi connectivity index (χ1v) is 11.8. The number of thiazole rings is 1. The Kier molecular flexibility index (Phi) is 5.02. The third kappa shape index (κ3) is 3.36. The molecular formula is C21H13N7OS3. The van der Waals surface area contributed by atoms with Crippen LogP contribution in [0.1, 0.15) is 15.2 Å². The van der Waals surface area contributed by atoms with Crippen molar-refractivity contribution in [3.05, 3.63) is 57.9 Å². The quantitative estimate of drug-likeness (QED) is 0.337. The van der Waals surface area contributed by atoms with Crippen molar-refractivity contribution in [1.29, 1.82) is 5.26 Å². The van der Waals surface area contributed by atoms with E-state index in [0.29, 0.717) is 25.8 Å². The van der Waals surface area contributed by atoms with E-state index in [0.717, 1.165) is 27.5 Å². The van der Waals surface area contributed by atoms with Crippen LogP contribution in [-0.2, 0) is 0 Å². The SMILES string of the molecule is N#Cc1c(N)nc2sc(C(=O)Nc3nc(-c4ccncc4)cs3)c(N)c2c1-c1cccs1. The van der Waals surface area contributed by atoms with Crippen molar-refractivity contribution < 1.29 is 4.79 Å². The second kappa shape index (κ2) is 8.01. The molecule has 0 aromatic carbocycles. The van der Waals surface area contributed by atoms with E-state index >= 15 is 0 Å². The lowest BCUT2D eigenvalue weighted by Gasteiger charge is -2.07. The van der Waals surface area contributed by atoms with Gasteiger partial charge in [-0.25, -0.2) is 9.97 Å². The molecule has 32 heavy (non-hydrogen) atoms. The van der Waals surface area contributed by atoms with Gasteiger partial charge in [-0.3, -0.25) is 15.1 Å². The first-order valence-electron chi connectivity index (χ1n) is 9.19. The van der Waals surface area contributed by atoms with E-state index in [-0.39, 0.29) is 17.1 Å². The van der Waals surface area contributed by atoms with Crippen molar-refractivity contribution >= 4 is 66.8 Å². The number of anilines is 3. The molecule has 5 heterocycles. The number of thiophene rings is 2. The maximum absolute atomic E-state index is 13.0. The molecule has 0 fully saturated rings. The van der Waals surface area contributed by atoms with Gasteiger partial charge in [0, 0.05) is 39.2 Å². The molecule has 0 aliphatic carbocycles. The molecule has 5 N–H and O–H groups in total. The minimum absolute atomic E-state index is 0.110. The Morgan fingerprint density at radius 3 is 2.66 bits per heavy atom. The Hall–Kier alpha value is -3.85. The molecule has 8 nitrogen and oxygen atoms in total. The summed E-state index contributed by atoms with van der Waals surface area (Å²) in [5.74, 6) is -0.283. The fourth-order valence-electron chi connectivity index (χ4n) is 3.26. The van der Waals surface area contributed by atoms with E-state index in [1.165, 1.54) is 22.7 Å². The van der Waals surface area contributed by atoms with Crippen LogP contribution in [0.3, 0.4) is 0 Å². The summed E-state index contributed by atoms with van der Waals surface area (Å²) in [6.07, 6.45) is 3.37. The highest BCUT2D eigenvalue weighted by Crippen LogP contribution is 2.44. The highest BCUT2D eigenvalue weighted by Gasteiger charge is 2.25. The standard InChI is InChI=1S/C21H13N7OS3/c22-8-11-14(13-2-1-7-30-13)15-16(23)17(32-20(15)27-18(11)24)19(29)28-21-26-12(9-31-21)10-3-5-25-6-4-10/h1-7,9H,23H2,(H2,24,27)(H,26,28,29). The summed E-state index contributed by atoms with van der Waals surface area (Å²) in [7, 11) is 0. The number of amides is 1. The number of nitrogens with two attached hydrogens (primary N) is 2. The van der Waals surface area contributed by atoms with Crippen LogP contribution in [0.5, 0.6) is 0 Å². The summed E-state index contributed by atoms with van der Waals surface area (Å²) in [6, 6.07) is 9.58. The van der Waals surface area contributed by atoms with Crippen LogP contribution in [0, 0.1) is 11.3 Å². The Labute approximate surface area is 193 Å². The highest BCUT2D eigenvalue weighted by atomic mass is 32.1. The van der Waals surface area contributed by atoms with E-state index in [9.17, 15) is 10.1 Å². The molecule has 0 spiro atoms. The van der Waals surface area contributed by atoms with Gasteiger partial charge < -0.3 is 11.5 Å². The number of carbonyl (C=O) groups excluding carboxylic acids is 1. The van der Waals surface area contributed by atoms with E-state index in [2.05, 4.69) is 26.3 Å². The van der Waals surface area contributed by atoms with Crippen LogP contribution in [0.4, 0.5) is 16.6 Å². The third-order valence-corrected chi connectivity index (χ3v) is 7.43. The van der Waals surface area contributed by atoms with Crippen LogP contribution in [0.2, 0.25) is 0 Å². The zero-order valence-electron chi connectivity index (χ0n) is 16.2. The van der Waals surface area contributed by atoms with Crippen LogP contribution < -0.4 is 16.8 Å². The van der Waals surface area contributed by atoms with Gasteiger partial charge in [-0.2, -0.15) is 5.26 Å². The van der Waals surface area contributed by atoms with Crippen LogP contribution in [-0.4, -0.2) is 20.9 Å². The van der Waals surface area contributed by atoms with Gasteiger partial charge in [-0.15, -0.1) is 34.0 Å². The Morgan fingerprint density at radius 1 is 1.12 bits per heavy atom. The summed E-state index contributed by atoms with van der Waals surface area (Å²) in [4.78, 5) is 27.5. The zero-order chi connectivity index (χ0) is 22.2. The molecule has 11 heteroatoms. The predicted octanol–water partition coefficient (Wildman–Crippen LogP) is 4.83. The van der Waals surface area contributed by atoms with Crippen LogP contribution in [0.25, 0.3) is 31.9 Å². The molecule has 0 unspecified atom stereocenters. The van der Waals surface area contributed by atoms with Gasteiger partial charge in [-0.1, -0.05) is 6.07 Å². The number of aromatic nitrogens is 3. The Bertz CT molecular complexity index is 1500. The lowest BCUT2D eigenvalue weighted by molar-refractivity contribution is 0.103. The Morgan fingerprint density at radius 2 is 1.94 bits per heavy atom. The number of nitriles is 1. The van der Waals surface area contributed by atoms with Gasteiger partial charge in [0.25, 0.3) is 5.91 Å². The molecule has 0 aliphatic heterocycles. The van der Waals surface area contributed by atoms with Gasteiger partial charge in [0.05, 0.1) is 11.4 Å². The lowest BCUT2D eigenvalue weighted by atomic mass is 10.0. The van der Waals surface area contributed by atoms with Gasteiger partial charge in [0.1, 0.15) is 27.2 Å². The summed E-state index contributed by atoms with van der Waals surface area (Å²) >= 11 is 3.91. The van der Waals surface area contributed by atoms with Gasteiger partial charge in [0.2, 0.25) is 0 Å². The second-order valence-electron chi connectivity index (χ2n) is 6.59. The molecule has 0 saturated heterocycles. The molecule has 1 amide bonds. The number of nitrogen functional groups attached to an aromatic ring is 2. The Balaban J connectivity index is 1.55. The maximum Gasteiger partial charge on any atom is 0.269 e. The van der Waals surface area contributed by atoms with Crippen molar-refractivity contribution in [2.24, 2.45) is 0 Å². The molecule has 0 bridgehead atoms. The van der Waals surface area contributed by atoms with Crippen molar-refractivity contribution in [1.82, 2.24) is 15.0 Å². The molecule has 5 aromatic rings. The predicted molar refractivity (Wildman–Crippen MR) is 130 cm³/mol. The summed E-state index contributed by atoms with van der Waals surface area (Å²) < 4.78 is 0. The molecular weight excluding hydrogens is 462 g/mol. The topological polar surface area (TPSA) is 144 Å². The number of hydrogen-bond donors (Lipinski definition) is 3. The number of fused-ring (bicyclic) bond motifs is 1. The molecule has 5 rings (SSSR count). The van der Waals surface area contributed by atoms with Crippen molar-refractivity contribution in [2.75, 3.05) is 16.8 Å². The van der Waals surface area contributed by atoms with Crippen LogP contribution >= 0.6 is 34.0 Å². The normalized spacial score (nSPS) is 10.8. The largest absolute Gasteiger partial charge is 0.397 e. The second-order valence-corrected chi connectivity index (χ2v) is 9.39. The fraction of sp³-hybridized carbons (Fsp3) is 0. The highest BCUT2D eigenvalue weighted by molar-refractivity contribution is 7.21. The first-order chi connectivity index (χ1) is 15.6. The van der Waals surface area contributed by atoms with E-state index in [1.807, 2.05) is 35.0 Å². The molecule has 0 aliphatic rings. The maximum atomic E-state index is 13.0. The van der Waals surface area contributed by atoms with E-state index in [1.54, 1.807) is 12.4 Å². The molecule has 5 aromatic heterocycles. The number of nitrogens with zero attached hydrogens (tertiary/aromatic N) is 4. The molecule has 0 atom stereocenters. The van der Waals surface area contributed by atoms with Gasteiger partial charge in [-0.05, 0) is 23.6 Å². The first kappa shape index (κ1) is 20.1. The molecule has 0 saturated carbocycles. The third-order valence-electron chi connectivity index (χ3n) is 4.69. The van der Waals surface area contributed by atoms with Crippen molar-refractivity contribution in [3.63, 3.8) is 0 Å². The van der Waals surface area contributed by atoms with Crippen molar-refractivity contribution in [2.45, 2.75) is 0 Å². The number of rotatable bonds is 4. The zero-order valence-corrected chi connectivity index (χ0v) is 18.6. The molecule has 0 radical (unpaired) electrons. The average Bonchev–Trinajstić information content (AvgIpc) is 3.54. The van der Waals surface area contributed by atoms with Crippen molar-refractivity contribution in [3.8, 4) is 27.8 Å². The monoisotopic (exact) mass is 475 g/mol. The van der Waals surface area contributed by atoms with Gasteiger partial charge in [0.15, 0.2) is 5.13 Å². The summed E-state index contributed by atoms with van der Waals surface area (Å²) in [5.41, 5.74) is 15.2.